The monoisotopic (exact) mass is 790 g/mol. The number of fused-ring (bicyclic) bond motifs is 8. The van der Waals surface area contributed by atoms with Gasteiger partial charge >= 0.3 is 0 Å². The minimum Gasteiger partial charge on any atom is -0.355 e. The molecule has 0 aliphatic carbocycles. The molecule has 8 nitrogen and oxygen atoms in total. The first kappa shape index (κ1) is 43.7. The van der Waals surface area contributed by atoms with Crippen LogP contribution in [0.25, 0.3) is 44.4 Å². The first-order chi connectivity index (χ1) is 27.0. The number of hydrogen-bond acceptors (Lipinski definition) is 7. The summed E-state index contributed by atoms with van der Waals surface area (Å²) in [7, 11) is 0. The zero-order valence-corrected chi connectivity index (χ0v) is 36.8. The second-order valence-electron chi connectivity index (χ2n) is 16.4. The van der Waals surface area contributed by atoms with Crippen molar-refractivity contribution >= 4 is 79.3 Å². The van der Waals surface area contributed by atoms with Crippen molar-refractivity contribution in [3.63, 3.8) is 0 Å². The molecule has 0 aromatic carbocycles. The van der Waals surface area contributed by atoms with Crippen molar-refractivity contribution in [3.05, 3.63) is 69.8 Å². The number of rotatable bonds is 18. The maximum atomic E-state index is 12.6. The molecule has 0 fully saturated rings. The molecule has 3 aromatic heterocycles. The highest BCUT2D eigenvalue weighted by Crippen LogP contribution is 2.41. The van der Waals surface area contributed by atoms with Gasteiger partial charge in [-0.2, -0.15) is 11.8 Å². The van der Waals surface area contributed by atoms with E-state index in [2.05, 4.69) is 74.9 Å². The Balaban J connectivity index is 1.82. The SMILES string of the molecule is CCC(=O)C(C)CCC(C)c1c(C)c2cc3nc(cc4nc(cc5[nH]c(cc5CCC(C)=O)cc1[nH]2)C(CCC(C)=O)=C4C)C(C)=C3C(C)SCC(C)C(=O)CC. The third-order valence-electron chi connectivity index (χ3n) is 11.9. The van der Waals surface area contributed by atoms with Crippen molar-refractivity contribution < 1.29 is 19.2 Å². The van der Waals surface area contributed by atoms with Gasteiger partial charge in [0.25, 0.3) is 0 Å². The predicted octanol–water partition coefficient (Wildman–Crippen LogP) is 11.6. The van der Waals surface area contributed by atoms with Gasteiger partial charge < -0.3 is 19.6 Å². The first-order valence-corrected chi connectivity index (χ1v) is 21.9. The summed E-state index contributed by atoms with van der Waals surface area (Å²) in [6.07, 6.45) is 4.77. The van der Waals surface area contributed by atoms with Crippen LogP contribution in [-0.4, -0.2) is 54.1 Å². The van der Waals surface area contributed by atoms with Crippen molar-refractivity contribution in [2.24, 2.45) is 11.8 Å². The number of allylic oxidation sites excluding steroid dienone is 3. The fourth-order valence-corrected chi connectivity index (χ4v) is 9.43. The van der Waals surface area contributed by atoms with Crippen LogP contribution in [0.3, 0.4) is 0 Å². The highest BCUT2D eigenvalue weighted by Gasteiger charge is 2.26. The number of carbonyl (C=O) groups is 4. The lowest BCUT2D eigenvalue weighted by atomic mass is 9.89. The second-order valence-corrected chi connectivity index (χ2v) is 17.8. The maximum absolute atomic E-state index is 12.6. The van der Waals surface area contributed by atoms with E-state index in [0.717, 1.165) is 96.9 Å². The summed E-state index contributed by atoms with van der Waals surface area (Å²) >= 11 is 1.79. The number of ketones is 4. The van der Waals surface area contributed by atoms with E-state index >= 15 is 0 Å². The van der Waals surface area contributed by atoms with Crippen LogP contribution in [0, 0.1) is 18.8 Å². The fraction of sp³-hybridized carbons (Fsp3) is 0.500. The van der Waals surface area contributed by atoms with Gasteiger partial charge in [-0.25, -0.2) is 9.97 Å². The summed E-state index contributed by atoms with van der Waals surface area (Å²) in [5.74, 6) is 1.70. The number of H-pyrrole nitrogens is 2. The van der Waals surface area contributed by atoms with Crippen molar-refractivity contribution in [3.8, 4) is 0 Å². The number of nitrogens with zero attached hydrogens (tertiary/aromatic N) is 2. The van der Waals surface area contributed by atoms with Gasteiger partial charge in [-0.3, -0.25) is 9.59 Å². The lowest BCUT2D eigenvalue weighted by molar-refractivity contribution is -0.122. The summed E-state index contributed by atoms with van der Waals surface area (Å²) in [5.41, 5.74) is 14.8. The van der Waals surface area contributed by atoms with Gasteiger partial charge in [0.2, 0.25) is 0 Å². The molecule has 5 rings (SSSR count). The number of thioether (sulfide) groups is 1. The Kier molecular flexibility index (Phi) is 14.5. The van der Waals surface area contributed by atoms with Gasteiger partial charge in [0, 0.05) is 70.6 Å². The van der Waals surface area contributed by atoms with Crippen molar-refractivity contribution in [2.45, 2.75) is 139 Å². The predicted molar refractivity (Wildman–Crippen MR) is 238 cm³/mol. The van der Waals surface area contributed by atoms with E-state index in [0.29, 0.717) is 44.3 Å². The van der Waals surface area contributed by atoms with E-state index in [-0.39, 0.29) is 40.4 Å². The number of aromatic amines is 2. The third-order valence-corrected chi connectivity index (χ3v) is 13.4. The molecule has 0 saturated carbocycles. The molecule has 2 N–H and O–H groups in total. The molecule has 5 heterocycles. The molecule has 8 bridgehead atoms. The van der Waals surface area contributed by atoms with E-state index in [4.69, 9.17) is 9.97 Å². The van der Waals surface area contributed by atoms with Crippen LogP contribution < -0.4 is 0 Å². The average Bonchev–Trinajstić information content (AvgIpc) is 3.88. The molecule has 2 aliphatic rings. The van der Waals surface area contributed by atoms with E-state index in [1.807, 2.05) is 27.7 Å². The van der Waals surface area contributed by atoms with Crippen LogP contribution in [0.1, 0.15) is 160 Å². The van der Waals surface area contributed by atoms with Crippen LogP contribution in [0.5, 0.6) is 0 Å². The van der Waals surface area contributed by atoms with Crippen LogP contribution in [0.2, 0.25) is 0 Å². The molecule has 2 aliphatic heterocycles. The number of hydrogen-bond donors (Lipinski definition) is 2. The van der Waals surface area contributed by atoms with Crippen LogP contribution in [0.4, 0.5) is 0 Å². The molecule has 4 unspecified atom stereocenters. The molecule has 3 aromatic rings. The molecule has 57 heavy (non-hydrogen) atoms. The van der Waals surface area contributed by atoms with Crippen LogP contribution in [0.15, 0.2) is 30.3 Å². The summed E-state index contributed by atoms with van der Waals surface area (Å²) in [4.78, 5) is 67.5. The fourth-order valence-electron chi connectivity index (χ4n) is 8.21. The zero-order valence-electron chi connectivity index (χ0n) is 36.0. The molecule has 0 spiro atoms. The quantitative estimate of drug-likeness (QED) is 0.131. The molecule has 304 valence electrons. The van der Waals surface area contributed by atoms with Gasteiger partial charge in [0.15, 0.2) is 0 Å². The Morgan fingerprint density at radius 2 is 1.28 bits per heavy atom. The minimum atomic E-state index is -0.0302. The smallest absolute Gasteiger partial charge is 0.136 e. The summed E-state index contributed by atoms with van der Waals surface area (Å²) in [6, 6.07) is 10.6. The lowest BCUT2D eigenvalue weighted by Crippen LogP contribution is -2.14. The Bertz CT molecular complexity index is 2290. The molecule has 4 atom stereocenters. The van der Waals surface area contributed by atoms with Gasteiger partial charge in [-0.15, -0.1) is 0 Å². The first-order valence-electron chi connectivity index (χ1n) is 20.8. The van der Waals surface area contributed by atoms with Gasteiger partial charge in [0.05, 0.1) is 22.8 Å². The highest BCUT2D eigenvalue weighted by atomic mass is 32.2. The highest BCUT2D eigenvalue weighted by molar-refractivity contribution is 8.00. The Hall–Kier alpha value is -4.37. The van der Waals surface area contributed by atoms with Crippen LogP contribution >= 0.6 is 11.8 Å². The zero-order chi connectivity index (χ0) is 41.7. The van der Waals surface area contributed by atoms with Crippen LogP contribution in [-0.2, 0) is 25.6 Å². The maximum Gasteiger partial charge on any atom is 0.136 e. The topological polar surface area (TPSA) is 126 Å². The number of carbonyl (C=O) groups excluding carboxylic acids is 4. The summed E-state index contributed by atoms with van der Waals surface area (Å²) < 4.78 is 0. The van der Waals surface area contributed by atoms with Gasteiger partial charge in [-0.05, 0) is 142 Å². The number of nitrogens with one attached hydrogen (secondary N) is 2. The normalized spacial score (nSPS) is 15.1. The van der Waals surface area contributed by atoms with Crippen molar-refractivity contribution in [1.82, 2.24) is 19.9 Å². The third kappa shape index (κ3) is 10.2. The molecular weight excluding hydrogens is 729 g/mol. The van der Waals surface area contributed by atoms with E-state index < -0.39 is 0 Å². The Labute approximate surface area is 343 Å². The van der Waals surface area contributed by atoms with E-state index in [9.17, 15) is 19.2 Å². The summed E-state index contributed by atoms with van der Waals surface area (Å²) in [6.45, 7) is 22.0. The lowest BCUT2D eigenvalue weighted by Gasteiger charge is -2.17. The molecular formula is C48H62N4O4S. The number of aryl methyl sites for hydroxylation is 2. The molecule has 0 amide bonds. The molecule has 0 saturated heterocycles. The largest absolute Gasteiger partial charge is 0.355 e. The molecule has 9 heteroatoms. The standard InChI is InChI=1S/C48H62N4O4S/c1-12-45(55)26(3)14-15-27(4)47-32(9)40-23-44-48(34(11)57-25-28(5)46(56)13-2)33(10)39(52-44)22-38-31(8)37(19-17-30(7)54)42(50-38)24-41-35(18-16-29(6)53)20-36(49-41)21-43(47)51-40/h20-24,26-28,34,49,51H,12-19,25H2,1-11H3. The van der Waals surface area contributed by atoms with Crippen molar-refractivity contribution in [2.75, 3.05) is 5.75 Å². The number of aromatic nitrogens is 4. The van der Waals surface area contributed by atoms with E-state index in [1.54, 1.807) is 25.6 Å². The average molecular weight is 791 g/mol. The van der Waals surface area contributed by atoms with Gasteiger partial charge in [-0.1, -0.05) is 34.6 Å². The van der Waals surface area contributed by atoms with Gasteiger partial charge in [0.1, 0.15) is 23.1 Å². The molecule has 0 radical (unpaired) electrons. The second kappa shape index (κ2) is 18.9. The summed E-state index contributed by atoms with van der Waals surface area (Å²) in [5, 5.41) is 0.0755. The van der Waals surface area contributed by atoms with Crippen molar-refractivity contribution in [1.29, 1.82) is 0 Å². The minimum absolute atomic E-state index is 0.00663. The van der Waals surface area contributed by atoms with E-state index in [1.165, 1.54) is 5.56 Å². The Morgan fingerprint density at radius 3 is 1.95 bits per heavy atom. The Morgan fingerprint density at radius 1 is 0.667 bits per heavy atom. The number of Topliss-reactive ketones (excluding diaryl/α,β-unsaturated/α-hetero) is 4.